The Morgan fingerprint density at radius 2 is 1.71 bits per heavy atom. The van der Waals surface area contributed by atoms with E-state index < -0.39 is 0 Å². The molecule has 0 heterocycles. The summed E-state index contributed by atoms with van der Waals surface area (Å²) in [6.45, 7) is 0.452. The third kappa shape index (κ3) is 3.54. The summed E-state index contributed by atoms with van der Waals surface area (Å²) in [5, 5.41) is 20.7. The summed E-state index contributed by atoms with van der Waals surface area (Å²) in [6, 6.07) is 25.7. The van der Waals surface area contributed by atoms with Crippen LogP contribution < -0.4 is 4.74 Å². The molecule has 0 saturated heterocycles. The van der Waals surface area contributed by atoms with Gasteiger partial charge in [0.25, 0.3) is 0 Å². The normalized spacial score (nSPS) is 11.4. The molecule has 3 aromatic rings. The van der Waals surface area contributed by atoms with Crippen molar-refractivity contribution in [3.8, 4) is 17.9 Å². The number of nitriles is 2. The summed E-state index contributed by atoms with van der Waals surface area (Å²) in [6.07, 6.45) is 0.582. The van der Waals surface area contributed by atoms with Crippen LogP contribution in [-0.4, -0.2) is 6.61 Å². The number of benzene rings is 3. The van der Waals surface area contributed by atoms with E-state index in [1.54, 1.807) is 12.1 Å². The molecule has 1 unspecified atom stereocenters. The Hall–Kier alpha value is -3.30. The van der Waals surface area contributed by atoms with Gasteiger partial charge in [-0.15, -0.1) is 0 Å². The molecule has 24 heavy (non-hydrogen) atoms. The first-order valence-electron chi connectivity index (χ1n) is 7.81. The molecule has 0 aliphatic rings. The van der Waals surface area contributed by atoms with Crippen molar-refractivity contribution in [1.29, 1.82) is 10.5 Å². The van der Waals surface area contributed by atoms with Crippen LogP contribution in [0.25, 0.3) is 10.8 Å². The van der Waals surface area contributed by atoms with Gasteiger partial charge >= 0.3 is 0 Å². The second-order valence-corrected chi connectivity index (χ2v) is 5.57. The van der Waals surface area contributed by atoms with E-state index in [0.717, 1.165) is 16.7 Å². The van der Waals surface area contributed by atoms with Crippen LogP contribution in [0.2, 0.25) is 0 Å². The molecule has 0 N–H and O–H groups in total. The summed E-state index contributed by atoms with van der Waals surface area (Å²) < 4.78 is 5.81. The molecule has 0 bridgehead atoms. The first kappa shape index (κ1) is 15.6. The molecule has 3 heteroatoms. The minimum absolute atomic E-state index is 0.279. The topological polar surface area (TPSA) is 56.8 Å². The monoisotopic (exact) mass is 312 g/mol. The van der Waals surface area contributed by atoms with Gasteiger partial charge in [0.2, 0.25) is 0 Å². The molecular formula is C21H16N2O. The Morgan fingerprint density at radius 3 is 2.50 bits per heavy atom. The summed E-state index contributed by atoms with van der Waals surface area (Å²) in [4.78, 5) is 0. The van der Waals surface area contributed by atoms with Crippen molar-refractivity contribution in [3.63, 3.8) is 0 Å². The molecule has 116 valence electrons. The minimum atomic E-state index is -0.279. The zero-order valence-corrected chi connectivity index (χ0v) is 13.1. The predicted octanol–water partition coefficient (Wildman–Crippen LogP) is 4.79. The molecule has 1 atom stereocenters. The van der Waals surface area contributed by atoms with E-state index in [4.69, 9.17) is 10.00 Å². The van der Waals surface area contributed by atoms with Crippen molar-refractivity contribution in [2.24, 2.45) is 0 Å². The maximum atomic E-state index is 9.39. The van der Waals surface area contributed by atoms with E-state index in [1.165, 1.54) is 5.39 Å². The number of nitrogens with zero attached hydrogens (tertiary/aromatic N) is 2. The molecule has 0 aromatic heterocycles. The van der Waals surface area contributed by atoms with Gasteiger partial charge in [0.05, 0.1) is 30.2 Å². The van der Waals surface area contributed by atoms with Gasteiger partial charge < -0.3 is 4.74 Å². The number of fused-ring (bicyclic) bond motifs is 1. The summed E-state index contributed by atoms with van der Waals surface area (Å²) in [5.74, 6) is 0.523. The highest BCUT2D eigenvalue weighted by Gasteiger charge is 2.11. The Balaban J connectivity index is 1.65. The van der Waals surface area contributed by atoms with Gasteiger partial charge in [0.15, 0.2) is 0 Å². The molecule has 0 aliphatic carbocycles. The highest BCUT2D eigenvalue weighted by atomic mass is 16.5. The van der Waals surface area contributed by atoms with Crippen molar-refractivity contribution in [2.75, 3.05) is 6.61 Å². The zero-order chi connectivity index (χ0) is 16.8. The quantitative estimate of drug-likeness (QED) is 0.680. The molecule has 0 aliphatic heterocycles. The fourth-order valence-corrected chi connectivity index (χ4v) is 2.68. The molecule has 0 amide bonds. The van der Waals surface area contributed by atoms with Crippen LogP contribution in [-0.2, 0) is 0 Å². The van der Waals surface area contributed by atoms with E-state index >= 15 is 0 Å². The van der Waals surface area contributed by atoms with Crippen LogP contribution in [0.3, 0.4) is 0 Å². The highest BCUT2D eigenvalue weighted by Crippen LogP contribution is 2.23. The minimum Gasteiger partial charge on any atom is -0.494 e. The number of rotatable bonds is 5. The smallest absolute Gasteiger partial charge is 0.119 e. The maximum Gasteiger partial charge on any atom is 0.119 e. The van der Waals surface area contributed by atoms with Gasteiger partial charge in [0.1, 0.15) is 5.75 Å². The lowest BCUT2D eigenvalue weighted by molar-refractivity contribution is 0.306. The predicted molar refractivity (Wildman–Crippen MR) is 93.6 cm³/mol. The second kappa shape index (κ2) is 7.31. The lowest BCUT2D eigenvalue weighted by atomic mass is 9.96. The van der Waals surface area contributed by atoms with E-state index in [9.17, 15) is 5.26 Å². The van der Waals surface area contributed by atoms with Crippen molar-refractivity contribution >= 4 is 10.8 Å². The number of hydrogen-bond acceptors (Lipinski definition) is 3. The van der Waals surface area contributed by atoms with Crippen molar-refractivity contribution in [3.05, 3.63) is 77.9 Å². The van der Waals surface area contributed by atoms with E-state index in [-0.39, 0.29) is 5.92 Å². The molecule has 3 aromatic carbocycles. The van der Waals surface area contributed by atoms with E-state index in [2.05, 4.69) is 18.2 Å². The van der Waals surface area contributed by atoms with Crippen molar-refractivity contribution in [2.45, 2.75) is 12.3 Å². The summed E-state index contributed by atoms with van der Waals surface area (Å²) in [7, 11) is 0. The third-order valence-electron chi connectivity index (χ3n) is 3.97. The largest absolute Gasteiger partial charge is 0.494 e. The van der Waals surface area contributed by atoms with Crippen LogP contribution >= 0.6 is 0 Å². The lowest BCUT2D eigenvalue weighted by Crippen LogP contribution is -2.04. The molecule has 0 radical (unpaired) electrons. The van der Waals surface area contributed by atoms with Gasteiger partial charge in [-0.3, -0.25) is 0 Å². The Labute approximate surface area is 141 Å². The molecule has 3 rings (SSSR count). The number of ether oxygens (including phenoxy) is 1. The van der Waals surface area contributed by atoms with Gasteiger partial charge in [-0.2, -0.15) is 10.5 Å². The van der Waals surface area contributed by atoms with Crippen molar-refractivity contribution in [1.82, 2.24) is 0 Å². The molecule has 0 spiro atoms. The van der Waals surface area contributed by atoms with Crippen LogP contribution in [0.4, 0.5) is 0 Å². The van der Waals surface area contributed by atoms with Crippen molar-refractivity contribution < 1.29 is 4.74 Å². The van der Waals surface area contributed by atoms with Gasteiger partial charge in [-0.05, 0) is 40.6 Å². The SMILES string of the molecule is N#Cc1cccc(C(C#N)CCOc2ccc3ccccc3c2)c1. The maximum absolute atomic E-state index is 9.39. The zero-order valence-electron chi connectivity index (χ0n) is 13.1. The van der Waals surface area contributed by atoms with Gasteiger partial charge in [-0.1, -0.05) is 42.5 Å². The van der Waals surface area contributed by atoms with E-state index in [1.807, 2.05) is 48.5 Å². The van der Waals surface area contributed by atoms with Crippen LogP contribution in [0, 0.1) is 22.7 Å². The highest BCUT2D eigenvalue weighted by molar-refractivity contribution is 5.83. The lowest BCUT2D eigenvalue weighted by Gasteiger charge is -2.11. The molecule has 0 saturated carbocycles. The molecule has 0 fully saturated rings. The Morgan fingerprint density at radius 1 is 0.875 bits per heavy atom. The van der Waals surface area contributed by atoms with Crippen LogP contribution in [0.15, 0.2) is 66.7 Å². The second-order valence-electron chi connectivity index (χ2n) is 5.57. The average molecular weight is 312 g/mol. The Bertz CT molecular complexity index is 934. The Kier molecular flexibility index (Phi) is 4.75. The van der Waals surface area contributed by atoms with E-state index in [0.29, 0.717) is 18.6 Å². The summed E-state index contributed by atoms with van der Waals surface area (Å²) in [5.41, 5.74) is 1.43. The van der Waals surface area contributed by atoms with Crippen LogP contribution in [0.5, 0.6) is 5.75 Å². The third-order valence-corrected chi connectivity index (χ3v) is 3.97. The number of hydrogen-bond donors (Lipinski definition) is 0. The summed E-state index contributed by atoms with van der Waals surface area (Å²) >= 11 is 0. The van der Waals surface area contributed by atoms with Crippen LogP contribution in [0.1, 0.15) is 23.5 Å². The molecular weight excluding hydrogens is 296 g/mol. The van der Waals surface area contributed by atoms with Gasteiger partial charge in [-0.25, -0.2) is 0 Å². The van der Waals surface area contributed by atoms with Gasteiger partial charge in [0, 0.05) is 6.42 Å². The standard InChI is InChI=1S/C21H16N2O/c22-14-16-4-3-7-18(12-16)20(15-23)10-11-24-21-9-8-17-5-1-2-6-19(17)13-21/h1-9,12-13,20H,10-11H2. The fraction of sp³-hybridized carbons (Fsp3) is 0.143. The average Bonchev–Trinajstić information content (AvgIpc) is 2.65. The first-order valence-corrected chi connectivity index (χ1v) is 7.81. The molecule has 3 nitrogen and oxygen atoms in total. The first-order chi connectivity index (χ1) is 11.8. The fourth-order valence-electron chi connectivity index (χ4n) is 2.68.